The molecule has 0 aromatic carbocycles. The smallest absolute Gasteiger partial charge is 0.0102 e. The maximum Gasteiger partial charge on any atom is 0.0102 e. The van der Waals surface area contributed by atoms with Crippen LogP contribution in [0.2, 0.25) is 0 Å². The molecule has 98 valence electrons. The van der Waals surface area contributed by atoms with Crippen LogP contribution in [0.3, 0.4) is 0 Å². The van der Waals surface area contributed by atoms with Crippen molar-refractivity contribution in [3.8, 4) is 0 Å². The van der Waals surface area contributed by atoms with Crippen molar-refractivity contribution in [1.82, 2.24) is 10.2 Å². The summed E-state index contributed by atoms with van der Waals surface area (Å²) in [5, 5.41) is 3.53. The van der Waals surface area contributed by atoms with Crippen LogP contribution in [0.1, 0.15) is 48.5 Å². The molecule has 2 nitrogen and oxygen atoms in total. The van der Waals surface area contributed by atoms with Gasteiger partial charge in [0, 0.05) is 19.1 Å². The van der Waals surface area contributed by atoms with Gasteiger partial charge in [-0.25, -0.2) is 0 Å². The van der Waals surface area contributed by atoms with Gasteiger partial charge in [0.1, 0.15) is 0 Å². The monoisotopic (exact) mass is 228 g/mol. The molecule has 0 heterocycles. The summed E-state index contributed by atoms with van der Waals surface area (Å²) in [5.41, 5.74) is 0.697. The van der Waals surface area contributed by atoms with Crippen LogP contribution in [0.4, 0.5) is 0 Å². The van der Waals surface area contributed by atoms with Crippen molar-refractivity contribution in [2.45, 2.75) is 54.5 Å². The molecule has 0 spiro atoms. The second-order valence-corrected chi connectivity index (χ2v) is 7.00. The van der Waals surface area contributed by atoms with Crippen LogP contribution in [0.15, 0.2) is 0 Å². The molecule has 0 aliphatic carbocycles. The Bertz CT molecular complexity index is 191. The van der Waals surface area contributed by atoms with Gasteiger partial charge in [0.15, 0.2) is 0 Å². The Morgan fingerprint density at radius 1 is 1.06 bits per heavy atom. The van der Waals surface area contributed by atoms with Gasteiger partial charge in [-0.05, 0) is 31.3 Å². The van der Waals surface area contributed by atoms with Crippen LogP contribution in [-0.2, 0) is 0 Å². The molecular formula is C14H32N2. The van der Waals surface area contributed by atoms with Crippen LogP contribution in [0, 0.1) is 10.8 Å². The molecule has 0 aromatic rings. The zero-order valence-electron chi connectivity index (χ0n) is 12.6. The Hall–Kier alpha value is -0.0800. The van der Waals surface area contributed by atoms with Gasteiger partial charge in [-0.3, -0.25) is 0 Å². The minimum atomic E-state index is 0.315. The van der Waals surface area contributed by atoms with Crippen LogP contribution >= 0.6 is 0 Å². The third-order valence-electron chi connectivity index (χ3n) is 3.10. The highest BCUT2D eigenvalue weighted by atomic mass is 15.1. The molecule has 0 aliphatic rings. The highest BCUT2D eigenvalue weighted by Crippen LogP contribution is 2.23. The van der Waals surface area contributed by atoms with Crippen molar-refractivity contribution >= 4 is 0 Å². The van der Waals surface area contributed by atoms with E-state index in [2.05, 4.69) is 65.7 Å². The van der Waals surface area contributed by atoms with E-state index >= 15 is 0 Å². The predicted octanol–water partition coefficient (Wildman–Crippen LogP) is 2.99. The second kappa shape index (κ2) is 6.02. The molecule has 1 N–H and O–H groups in total. The third kappa shape index (κ3) is 6.49. The molecule has 16 heavy (non-hydrogen) atoms. The van der Waals surface area contributed by atoms with Gasteiger partial charge in [0.05, 0.1) is 0 Å². The van der Waals surface area contributed by atoms with E-state index in [1.54, 1.807) is 0 Å². The first-order chi connectivity index (χ1) is 7.08. The summed E-state index contributed by atoms with van der Waals surface area (Å²) in [6.45, 7) is 19.4. The van der Waals surface area contributed by atoms with Crippen LogP contribution < -0.4 is 5.32 Å². The SMILES string of the molecule is CCNC(C)C(C)(C)CN(C)CC(C)(C)C. The maximum atomic E-state index is 3.53. The third-order valence-corrected chi connectivity index (χ3v) is 3.10. The fourth-order valence-electron chi connectivity index (χ4n) is 2.28. The topological polar surface area (TPSA) is 15.3 Å². The molecule has 0 aromatic heterocycles. The zero-order valence-corrected chi connectivity index (χ0v) is 12.6. The van der Waals surface area contributed by atoms with Gasteiger partial charge in [0.2, 0.25) is 0 Å². The van der Waals surface area contributed by atoms with Crippen molar-refractivity contribution in [2.24, 2.45) is 10.8 Å². The van der Waals surface area contributed by atoms with Gasteiger partial charge < -0.3 is 10.2 Å². The van der Waals surface area contributed by atoms with Crippen molar-refractivity contribution in [2.75, 3.05) is 26.7 Å². The van der Waals surface area contributed by atoms with E-state index in [1.807, 2.05) is 0 Å². The summed E-state index contributed by atoms with van der Waals surface area (Å²) >= 11 is 0. The molecule has 0 fully saturated rings. The van der Waals surface area contributed by atoms with E-state index in [9.17, 15) is 0 Å². The number of hydrogen-bond acceptors (Lipinski definition) is 2. The highest BCUT2D eigenvalue weighted by molar-refractivity contribution is 4.83. The molecule has 0 radical (unpaired) electrons. The molecule has 0 aliphatic heterocycles. The number of rotatable bonds is 6. The number of nitrogens with zero attached hydrogens (tertiary/aromatic N) is 1. The average molecular weight is 228 g/mol. The van der Waals surface area contributed by atoms with Gasteiger partial charge in [-0.15, -0.1) is 0 Å². The Balaban J connectivity index is 4.24. The van der Waals surface area contributed by atoms with Crippen LogP contribution in [0.25, 0.3) is 0 Å². The van der Waals surface area contributed by atoms with Gasteiger partial charge in [-0.1, -0.05) is 41.5 Å². The summed E-state index contributed by atoms with van der Waals surface area (Å²) in [5.74, 6) is 0. The Kier molecular flexibility index (Phi) is 5.99. The molecule has 2 heteroatoms. The van der Waals surface area contributed by atoms with Crippen molar-refractivity contribution in [1.29, 1.82) is 0 Å². The molecule has 0 saturated heterocycles. The molecule has 0 saturated carbocycles. The second-order valence-electron chi connectivity index (χ2n) is 7.00. The molecular weight excluding hydrogens is 196 g/mol. The molecule has 1 unspecified atom stereocenters. The zero-order chi connectivity index (χ0) is 13.0. The van der Waals surface area contributed by atoms with Crippen molar-refractivity contribution < 1.29 is 0 Å². The Labute approximate surface area is 103 Å². The van der Waals surface area contributed by atoms with Crippen LogP contribution in [0.5, 0.6) is 0 Å². The standard InChI is InChI=1S/C14H32N2/c1-9-15-12(2)14(6,7)11-16(8)10-13(3,4)5/h12,15H,9-11H2,1-8H3. The van der Waals surface area contributed by atoms with E-state index in [4.69, 9.17) is 0 Å². The van der Waals surface area contributed by atoms with Crippen molar-refractivity contribution in [3.05, 3.63) is 0 Å². The summed E-state index contributed by atoms with van der Waals surface area (Å²) in [4.78, 5) is 2.45. The average Bonchev–Trinajstić information content (AvgIpc) is 1.99. The fraction of sp³-hybridized carbons (Fsp3) is 1.00. The number of hydrogen-bond donors (Lipinski definition) is 1. The first-order valence-corrected chi connectivity index (χ1v) is 6.50. The Morgan fingerprint density at radius 3 is 1.94 bits per heavy atom. The first-order valence-electron chi connectivity index (χ1n) is 6.50. The fourth-order valence-corrected chi connectivity index (χ4v) is 2.28. The first kappa shape index (κ1) is 15.9. The summed E-state index contributed by atoms with van der Waals surface area (Å²) in [7, 11) is 2.23. The predicted molar refractivity (Wildman–Crippen MR) is 73.9 cm³/mol. The maximum absolute atomic E-state index is 3.53. The van der Waals surface area contributed by atoms with Gasteiger partial charge >= 0.3 is 0 Å². The lowest BCUT2D eigenvalue weighted by atomic mass is 9.84. The van der Waals surface area contributed by atoms with Gasteiger partial charge in [-0.2, -0.15) is 0 Å². The lowest BCUT2D eigenvalue weighted by molar-refractivity contribution is 0.134. The van der Waals surface area contributed by atoms with Gasteiger partial charge in [0.25, 0.3) is 0 Å². The normalized spacial score (nSPS) is 15.6. The lowest BCUT2D eigenvalue weighted by Gasteiger charge is -2.38. The summed E-state index contributed by atoms with van der Waals surface area (Å²) in [6, 6.07) is 0.555. The lowest BCUT2D eigenvalue weighted by Crippen LogP contribution is -2.47. The van der Waals surface area contributed by atoms with E-state index in [-0.39, 0.29) is 0 Å². The highest BCUT2D eigenvalue weighted by Gasteiger charge is 2.27. The minimum Gasteiger partial charge on any atom is -0.314 e. The molecule has 0 bridgehead atoms. The summed E-state index contributed by atoms with van der Waals surface area (Å²) < 4.78 is 0. The van der Waals surface area contributed by atoms with E-state index in [0.29, 0.717) is 16.9 Å². The summed E-state index contributed by atoms with van der Waals surface area (Å²) in [6.07, 6.45) is 0. The molecule has 0 rings (SSSR count). The van der Waals surface area contributed by atoms with E-state index < -0.39 is 0 Å². The quantitative estimate of drug-likeness (QED) is 0.752. The molecule has 0 amide bonds. The minimum absolute atomic E-state index is 0.315. The van der Waals surface area contributed by atoms with Crippen molar-refractivity contribution in [3.63, 3.8) is 0 Å². The van der Waals surface area contributed by atoms with E-state index in [0.717, 1.165) is 19.6 Å². The Morgan fingerprint density at radius 2 is 1.56 bits per heavy atom. The molecule has 1 atom stereocenters. The largest absolute Gasteiger partial charge is 0.314 e. The van der Waals surface area contributed by atoms with Crippen LogP contribution in [-0.4, -0.2) is 37.6 Å². The number of nitrogens with one attached hydrogen (secondary N) is 1. The van der Waals surface area contributed by atoms with E-state index in [1.165, 1.54) is 0 Å².